The van der Waals surface area contributed by atoms with Crippen LogP contribution in [0.5, 0.6) is 5.75 Å². The molecule has 0 radical (unpaired) electrons. The first-order chi connectivity index (χ1) is 15.4. The third kappa shape index (κ3) is 4.11. The van der Waals surface area contributed by atoms with Crippen molar-refractivity contribution in [2.24, 2.45) is 0 Å². The molecule has 0 fully saturated rings. The van der Waals surface area contributed by atoms with E-state index in [2.05, 4.69) is 15.5 Å². The minimum absolute atomic E-state index is 0.0509. The molecule has 1 N–H and O–H groups in total. The summed E-state index contributed by atoms with van der Waals surface area (Å²) in [4.78, 5) is 39.5. The molecule has 1 aromatic heterocycles. The predicted molar refractivity (Wildman–Crippen MR) is 120 cm³/mol. The van der Waals surface area contributed by atoms with Gasteiger partial charge in [0, 0.05) is 5.92 Å². The summed E-state index contributed by atoms with van der Waals surface area (Å²) in [6.45, 7) is 6.27. The molecule has 0 aliphatic carbocycles. The first-order valence-corrected chi connectivity index (χ1v) is 11.1. The highest BCUT2D eigenvalue weighted by Crippen LogP contribution is 2.28. The average Bonchev–Trinajstić information content (AvgIpc) is 3.34. The summed E-state index contributed by atoms with van der Waals surface area (Å²) < 4.78 is 5.62. The van der Waals surface area contributed by atoms with Crippen molar-refractivity contribution in [3.63, 3.8) is 0 Å². The second-order valence-corrected chi connectivity index (χ2v) is 8.57. The Balaban J connectivity index is 1.58. The molecule has 3 aromatic rings. The van der Waals surface area contributed by atoms with E-state index in [0.717, 1.165) is 5.01 Å². The molecular formula is C23H22N4O4S. The molecule has 0 saturated heterocycles. The van der Waals surface area contributed by atoms with Gasteiger partial charge in [0.2, 0.25) is 5.13 Å². The quantitative estimate of drug-likeness (QED) is 0.544. The maximum absolute atomic E-state index is 13.0. The van der Waals surface area contributed by atoms with Gasteiger partial charge in [-0.2, -0.15) is 0 Å². The molecule has 1 aliphatic heterocycles. The Morgan fingerprint density at radius 3 is 2.38 bits per heavy atom. The monoisotopic (exact) mass is 450 g/mol. The number of hydrogen-bond acceptors (Lipinski definition) is 7. The van der Waals surface area contributed by atoms with Gasteiger partial charge in [0.1, 0.15) is 10.8 Å². The molecule has 0 atom stereocenters. The number of nitrogens with one attached hydrogen (secondary N) is 1. The Morgan fingerprint density at radius 2 is 1.78 bits per heavy atom. The standard InChI is InChI=1S/C23H22N4O4S/c1-4-31-18-10-9-14(12-27-21(29)15-7-5-6-8-16(15)22(27)30)11-17(18)19(28)24-23-26-25-20(32-23)13(2)3/h5-11,13H,4,12H2,1-3H3,(H,24,26,28). The SMILES string of the molecule is CCOc1ccc(CN2C(=O)c3ccccc3C2=O)cc1C(=O)Nc1nnc(C(C)C)s1. The van der Waals surface area contributed by atoms with Crippen LogP contribution in [-0.4, -0.2) is 39.4 Å². The highest BCUT2D eigenvalue weighted by Gasteiger charge is 2.35. The van der Waals surface area contributed by atoms with E-state index in [1.165, 1.54) is 16.2 Å². The number of carbonyl (C=O) groups is 3. The lowest BCUT2D eigenvalue weighted by atomic mass is 10.1. The zero-order valence-electron chi connectivity index (χ0n) is 17.9. The summed E-state index contributed by atoms with van der Waals surface area (Å²) in [5.74, 6) is -0.477. The van der Waals surface area contributed by atoms with Crippen molar-refractivity contribution in [1.29, 1.82) is 0 Å². The van der Waals surface area contributed by atoms with E-state index in [1.54, 1.807) is 42.5 Å². The van der Waals surface area contributed by atoms with Crippen molar-refractivity contribution in [2.45, 2.75) is 33.2 Å². The minimum Gasteiger partial charge on any atom is -0.493 e. The second-order valence-electron chi connectivity index (χ2n) is 7.56. The predicted octanol–water partition coefficient (Wildman–Crippen LogP) is 4.11. The number of ether oxygens (including phenoxy) is 1. The fourth-order valence-electron chi connectivity index (χ4n) is 3.38. The molecule has 0 spiro atoms. The molecular weight excluding hydrogens is 428 g/mol. The maximum atomic E-state index is 13.0. The Morgan fingerprint density at radius 1 is 1.09 bits per heavy atom. The van der Waals surface area contributed by atoms with Gasteiger partial charge < -0.3 is 4.74 Å². The first-order valence-electron chi connectivity index (χ1n) is 10.2. The van der Waals surface area contributed by atoms with E-state index in [9.17, 15) is 14.4 Å². The molecule has 32 heavy (non-hydrogen) atoms. The van der Waals surface area contributed by atoms with Crippen LogP contribution in [0.15, 0.2) is 42.5 Å². The zero-order valence-corrected chi connectivity index (χ0v) is 18.7. The molecule has 4 rings (SSSR count). The summed E-state index contributed by atoms with van der Waals surface area (Å²) in [7, 11) is 0. The number of carbonyl (C=O) groups excluding carboxylic acids is 3. The fourth-order valence-corrected chi connectivity index (χ4v) is 4.12. The molecule has 2 heterocycles. The topological polar surface area (TPSA) is 101 Å². The van der Waals surface area contributed by atoms with Gasteiger partial charge in [-0.15, -0.1) is 10.2 Å². The van der Waals surface area contributed by atoms with Gasteiger partial charge in [-0.3, -0.25) is 24.6 Å². The molecule has 164 valence electrons. The van der Waals surface area contributed by atoms with Gasteiger partial charge in [0.15, 0.2) is 0 Å². The van der Waals surface area contributed by atoms with Crippen molar-refractivity contribution >= 4 is 34.2 Å². The van der Waals surface area contributed by atoms with Crippen LogP contribution in [-0.2, 0) is 6.54 Å². The smallest absolute Gasteiger partial charge is 0.261 e. The molecule has 3 amide bonds. The van der Waals surface area contributed by atoms with Gasteiger partial charge in [-0.25, -0.2) is 0 Å². The van der Waals surface area contributed by atoms with Gasteiger partial charge >= 0.3 is 0 Å². The first kappa shape index (κ1) is 21.6. The minimum atomic E-state index is -0.399. The molecule has 0 bridgehead atoms. The number of aromatic nitrogens is 2. The van der Waals surface area contributed by atoms with Gasteiger partial charge in [-0.1, -0.05) is 43.4 Å². The Hall–Kier alpha value is -3.59. The third-order valence-corrected chi connectivity index (χ3v) is 6.10. The van der Waals surface area contributed by atoms with E-state index < -0.39 is 5.91 Å². The van der Waals surface area contributed by atoms with Crippen LogP contribution in [0.4, 0.5) is 5.13 Å². The molecule has 1 aliphatic rings. The Labute approximate surface area is 189 Å². The number of nitrogens with zero attached hydrogens (tertiary/aromatic N) is 3. The van der Waals surface area contributed by atoms with Crippen molar-refractivity contribution in [3.8, 4) is 5.75 Å². The van der Waals surface area contributed by atoms with Crippen molar-refractivity contribution in [3.05, 3.63) is 69.7 Å². The van der Waals surface area contributed by atoms with Gasteiger partial charge in [0.25, 0.3) is 17.7 Å². The van der Waals surface area contributed by atoms with E-state index in [1.807, 2.05) is 20.8 Å². The lowest BCUT2D eigenvalue weighted by Gasteiger charge is -2.16. The highest BCUT2D eigenvalue weighted by atomic mass is 32.1. The lowest BCUT2D eigenvalue weighted by Crippen LogP contribution is -2.29. The Bertz CT molecular complexity index is 1170. The second kappa shape index (κ2) is 8.88. The molecule has 8 nitrogen and oxygen atoms in total. The van der Waals surface area contributed by atoms with E-state index in [-0.39, 0.29) is 24.3 Å². The van der Waals surface area contributed by atoms with E-state index in [4.69, 9.17) is 4.74 Å². The van der Waals surface area contributed by atoms with E-state index in [0.29, 0.717) is 39.7 Å². The number of anilines is 1. The van der Waals surface area contributed by atoms with Gasteiger partial charge in [0.05, 0.1) is 29.8 Å². The van der Waals surface area contributed by atoms with Crippen LogP contribution in [0.2, 0.25) is 0 Å². The van der Waals surface area contributed by atoms with Crippen LogP contribution in [0, 0.1) is 0 Å². The number of amides is 3. The summed E-state index contributed by atoms with van der Waals surface area (Å²) in [5.41, 5.74) is 1.70. The van der Waals surface area contributed by atoms with E-state index >= 15 is 0 Å². The summed E-state index contributed by atoms with van der Waals surface area (Å²) in [6.07, 6.45) is 0. The number of hydrogen-bond donors (Lipinski definition) is 1. The van der Waals surface area contributed by atoms with Crippen molar-refractivity contribution < 1.29 is 19.1 Å². The largest absolute Gasteiger partial charge is 0.493 e. The van der Waals surface area contributed by atoms with Crippen LogP contribution >= 0.6 is 11.3 Å². The average molecular weight is 451 g/mol. The molecule has 2 aromatic carbocycles. The number of imide groups is 1. The van der Waals surface area contributed by atoms with Crippen molar-refractivity contribution in [2.75, 3.05) is 11.9 Å². The molecule has 9 heteroatoms. The lowest BCUT2D eigenvalue weighted by molar-refractivity contribution is 0.0642. The summed E-state index contributed by atoms with van der Waals surface area (Å²) in [5, 5.41) is 12.1. The van der Waals surface area contributed by atoms with Crippen LogP contribution in [0.3, 0.4) is 0 Å². The number of benzene rings is 2. The highest BCUT2D eigenvalue weighted by molar-refractivity contribution is 7.15. The Kier molecular flexibility index (Phi) is 6.00. The summed E-state index contributed by atoms with van der Waals surface area (Å²) in [6, 6.07) is 11.8. The molecule has 0 unspecified atom stereocenters. The van der Waals surface area contributed by atoms with Gasteiger partial charge in [-0.05, 0) is 36.8 Å². The molecule has 0 saturated carbocycles. The normalized spacial score (nSPS) is 12.9. The van der Waals surface area contributed by atoms with Crippen molar-refractivity contribution in [1.82, 2.24) is 15.1 Å². The van der Waals surface area contributed by atoms with Crippen LogP contribution in [0.25, 0.3) is 0 Å². The third-order valence-electron chi connectivity index (χ3n) is 4.96. The summed E-state index contributed by atoms with van der Waals surface area (Å²) >= 11 is 1.31. The number of rotatable bonds is 7. The fraction of sp³-hybridized carbons (Fsp3) is 0.261. The van der Waals surface area contributed by atoms with Crippen LogP contribution < -0.4 is 10.1 Å². The number of fused-ring (bicyclic) bond motifs is 1. The maximum Gasteiger partial charge on any atom is 0.261 e. The van der Waals surface area contributed by atoms with Crippen LogP contribution in [0.1, 0.15) is 68.3 Å². The zero-order chi connectivity index (χ0) is 22.8.